The summed E-state index contributed by atoms with van der Waals surface area (Å²) in [6.45, 7) is 0. The molecule has 1 heterocycles. The molecule has 0 radical (unpaired) electrons. The van der Waals surface area contributed by atoms with Crippen molar-refractivity contribution >= 4 is 28.7 Å². The summed E-state index contributed by atoms with van der Waals surface area (Å²) in [5.41, 5.74) is 6.91. The van der Waals surface area contributed by atoms with Crippen LogP contribution in [0.3, 0.4) is 0 Å². The van der Waals surface area contributed by atoms with E-state index in [1.807, 2.05) is 0 Å². The molecule has 36 heavy (non-hydrogen) atoms. The van der Waals surface area contributed by atoms with Crippen molar-refractivity contribution < 1.29 is 28.3 Å². The number of carbonyl (C=O) groups is 3. The van der Waals surface area contributed by atoms with Gasteiger partial charge < -0.3 is 25.9 Å². The Morgan fingerprint density at radius 1 is 1.00 bits per heavy atom. The zero-order valence-electron chi connectivity index (χ0n) is 19.2. The highest BCUT2D eigenvalue weighted by atomic mass is 19.1. The van der Waals surface area contributed by atoms with E-state index in [1.54, 1.807) is 42.5 Å². The lowest BCUT2D eigenvalue weighted by Crippen LogP contribution is -2.49. The number of nitrogens with two attached hydrogens (primary N) is 1. The fourth-order valence-corrected chi connectivity index (χ4v) is 4.25. The number of benzene rings is 3. The molecule has 1 aliphatic rings. The van der Waals surface area contributed by atoms with Gasteiger partial charge in [0.15, 0.2) is 0 Å². The van der Waals surface area contributed by atoms with Crippen LogP contribution in [0.25, 0.3) is 33.4 Å². The molecule has 0 spiro atoms. The predicted octanol–water partition coefficient (Wildman–Crippen LogP) is 2.98. The van der Waals surface area contributed by atoms with E-state index in [0.717, 1.165) is 0 Å². The van der Waals surface area contributed by atoms with Crippen LogP contribution < -0.4 is 16.4 Å². The van der Waals surface area contributed by atoms with Crippen molar-refractivity contribution in [2.24, 2.45) is 5.73 Å². The van der Waals surface area contributed by atoms with Gasteiger partial charge in [-0.1, -0.05) is 18.2 Å². The highest BCUT2D eigenvalue weighted by Gasteiger charge is 2.60. The molecule has 2 atom stereocenters. The molecule has 0 bridgehead atoms. The van der Waals surface area contributed by atoms with E-state index in [9.17, 15) is 23.9 Å². The van der Waals surface area contributed by atoms with Gasteiger partial charge in [0, 0.05) is 30.0 Å². The van der Waals surface area contributed by atoms with Gasteiger partial charge >= 0.3 is 0 Å². The standard InChI is InChI=1S/C27H22FN3O5/c1-30-25(34)22-19-12-16(7-10-20(19)36-23(22)14-5-8-18(28)9-6-14)15-3-2-4-17(11-15)24(33)31-27(26(29)35)13-21(27)32/h2-12,21,32H,13H2,1H3,(H2,29,35)(H,30,34)(H,31,33). The third kappa shape index (κ3) is 3.89. The monoisotopic (exact) mass is 487 g/mol. The van der Waals surface area contributed by atoms with Crippen LogP contribution in [0, 0.1) is 5.82 Å². The van der Waals surface area contributed by atoms with Gasteiger partial charge in [0.1, 0.15) is 22.7 Å². The summed E-state index contributed by atoms with van der Waals surface area (Å²) < 4.78 is 19.4. The second-order valence-corrected chi connectivity index (χ2v) is 8.69. The first-order valence-electron chi connectivity index (χ1n) is 11.2. The molecule has 0 aliphatic heterocycles. The summed E-state index contributed by atoms with van der Waals surface area (Å²) in [5.74, 6) is -1.78. The van der Waals surface area contributed by atoms with Crippen molar-refractivity contribution in [2.45, 2.75) is 18.1 Å². The van der Waals surface area contributed by atoms with E-state index in [0.29, 0.717) is 39.0 Å². The highest BCUT2D eigenvalue weighted by molar-refractivity contribution is 6.12. The van der Waals surface area contributed by atoms with Crippen LogP contribution in [0.5, 0.6) is 0 Å². The van der Waals surface area contributed by atoms with Crippen molar-refractivity contribution in [3.05, 3.63) is 83.7 Å². The van der Waals surface area contributed by atoms with Crippen molar-refractivity contribution in [2.75, 3.05) is 7.05 Å². The maximum atomic E-state index is 13.4. The summed E-state index contributed by atoms with van der Waals surface area (Å²) in [4.78, 5) is 37.3. The number of hydrogen-bond donors (Lipinski definition) is 4. The number of nitrogens with one attached hydrogen (secondary N) is 2. The van der Waals surface area contributed by atoms with Crippen molar-refractivity contribution in [1.82, 2.24) is 10.6 Å². The van der Waals surface area contributed by atoms with Crippen molar-refractivity contribution in [1.29, 1.82) is 0 Å². The summed E-state index contributed by atoms with van der Waals surface area (Å²) in [7, 11) is 1.51. The third-order valence-electron chi connectivity index (χ3n) is 6.41. The molecule has 182 valence electrons. The number of amides is 3. The normalized spacial score (nSPS) is 18.6. The van der Waals surface area contributed by atoms with Gasteiger partial charge in [0.2, 0.25) is 5.91 Å². The molecule has 5 N–H and O–H groups in total. The van der Waals surface area contributed by atoms with Crippen LogP contribution >= 0.6 is 0 Å². The van der Waals surface area contributed by atoms with Gasteiger partial charge in [0.25, 0.3) is 11.8 Å². The van der Waals surface area contributed by atoms with Gasteiger partial charge in [-0.15, -0.1) is 0 Å². The van der Waals surface area contributed by atoms with Gasteiger partial charge in [-0.3, -0.25) is 14.4 Å². The molecule has 8 nitrogen and oxygen atoms in total. The second kappa shape index (κ2) is 8.62. The van der Waals surface area contributed by atoms with E-state index in [4.69, 9.17) is 10.2 Å². The molecule has 2 unspecified atom stereocenters. The third-order valence-corrected chi connectivity index (χ3v) is 6.41. The van der Waals surface area contributed by atoms with E-state index in [-0.39, 0.29) is 17.9 Å². The molecule has 1 aliphatic carbocycles. The lowest BCUT2D eigenvalue weighted by atomic mass is 9.98. The number of fused-ring (bicyclic) bond motifs is 1. The largest absolute Gasteiger partial charge is 0.455 e. The number of carbonyl (C=O) groups excluding carboxylic acids is 3. The summed E-state index contributed by atoms with van der Waals surface area (Å²) >= 11 is 0. The number of primary amides is 1. The fraction of sp³-hybridized carbons (Fsp3) is 0.148. The van der Waals surface area contributed by atoms with Crippen LogP contribution in [-0.2, 0) is 4.79 Å². The van der Waals surface area contributed by atoms with Crippen LogP contribution in [-0.4, -0.2) is 41.5 Å². The van der Waals surface area contributed by atoms with E-state index < -0.39 is 29.3 Å². The van der Waals surface area contributed by atoms with Crippen LogP contribution in [0.1, 0.15) is 27.1 Å². The Kier molecular flexibility index (Phi) is 5.57. The summed E-state index contributed by atoms with van der Waals surface area (Å²) in [6, 6.07) is 17.7. The molecule has 0 saturated heterocycles. The first kappa shape index (κ1) is 23.3. The van der Waals surface area contributed by atoms with Crippen molar-refractivity contribution in [3.8, 4) is 22.5 Å². The number of furan rings is 1. The average Bonchev–Trinajstić information content (AvgIpc) is 3.38. The number of aliphatic hydroxyl groups is 1. The maximum Gasteiger partial charge on any atom is 0.255 e. The van der Waals surface area contributed by atoms with Crippen LogP contribution in [0.4, 0.5) is 4.39 Å². The molecular weight excluding hydrogens is 465 g/mol. The Balaban J connectivity index is 1.54. The maximum absolute atomic E-state index is 13.4. The minimum absolute atomic E-state index is 0.0730. The Labute approximate surface area is 204 Å². The quantitative estimate of drug-likeness (QED) is 0.332. The molecule has 3 aromatic carbocycles. The van der Waals surface area contributed by atoms with E-state index >= 15 is 0 Å². The molecule has 9 heteroatoms. The number of halogens is 1. The average molecular weight is 487 g/mol. The first-order chi connectivity index (χ1) is 17.2. The first-order valence-corrected chi connectivity index (χ1v) is 11.2. The minimum Gasteiger partial charge on any atom is -0.455 e. The molecule has 4 aromatic rings. The molecular formula is C27H22FN3O5. The Morgan fingerprint density at radius 2 is 1.67 bits per heavy atom. The lowest BCUT2D eigenvalue weighted by molar-refractivity contribution is -0.121. The Morgan fingerprint density at radius 3 is 2.31 bits per heavy atom. The number of rotatable bonds is 6. The second-order valence-electron chi connectivity index (χ2n) is 8.69. The van der Waals surface area contributed by atoms with Crippen LogP contribution in [0.2, 0.25) is 0 Å². The van der Waals surface area contributed by atoms with Crippen LogP contribution in [0.15, 0.2) is 71.1 Å². The van der Waals surface area contributed by atoms with Gasteiger partial charge in [-0.25, -0.2) is 4.39 Å². The molecule has 1 aromatic heterocycles. The number of aliphatic hydroxyl groups excluding tert-OH is 1. The van der Waals surface area contributed by atoms with Gasteiger partial charge in [-0.05, 0) is 59.7 Å². The van der Waals surface area contributed by atoms with E-state index in [1.165, 1.54) is 31.3 Å². The van der Waals surface area contributed by atoms with Crippen molar-refractivity contribution in [3.63, 3.8) is 0 Å². The summed E-state index contributed by atoms with van der Waals surface area (Å²) in [5, 5.41) is 15.5. The molecule has 1 fully saturated rings. The Bertz CT molecular complexity index is 1530. The topological polar surface area (TPSA) is 135 Å². The SMILES string of the molecule is CNC(=O)c1c(-c2ccc(F)cc2)oc2ccc(-c3cccc(C(=O)NC4(C(N)=O)CC4O)c3)cc12. The lowest BCUT2D eigenvalue weighted by Gasteiger charge is -2.14. The van der Waals surface area contributed by atoms with E-state index in [2.05, 4.69) is 10.6 Å². The number of hydrogen-bond acceptors (Lipinski definition) is 5. The highest BCUT2D eigenvalue weighted by Crippen LogP contribution is 2.37. The fourth-order valence-electron chi connectivity index (χ4n) is 4.25. The molecule has 1 saturated carbocycles. The zero-order chi connectivity index (χ0) is 25.6. The molecule has 5 rings (SSSR count). The molecule has 3 amide bonds. The van der Waals surface area contributed by atoms with Gasteiger partial charge in [0.05, 0.1) is 11.7 Å². The predicted molar refractivity (Wildman–Crippen MR) is 130 cm³/mol. The minimum atomic E-state index is -1.44. The summed E-state index contributed by atoms with van der Waals surface area (Å²) in [6.07, 6.45) is -0.937. The van der Waals surface area contributed by atoms with Gasteiger partial charge in [-0.2, -0.15) is 0 Å². The zero-order valence-corrected chi connectivity index (χ0v) is 19.2. The smallest absolute Gasteiger partial charge is 0.255 e. The Hall–Kier alpha value is -4.50.